The van der Waals surface area contributed by atoms with Gasteiger partial charge in [-0.25, -0.2) is 0 Å². The standard InChI is InChI=1S/C17H20N2O/c18-12-13-4-5-16-14(9-13)10-17(20-16)6-2-8-19-7-1-3-15(19)11-17/h4-5,9,15H,1-3,6-8,10-11H2. The fraction of sp³-hybridized carbons (Fsp3) is 0.588. The highest BCUT2D eigenvalue weighted by molar-refractivity contribution is 5.45. The number of ether oxygens (including phenoxy) is 1. The Hall–Kier alpha value is -1.53. The Bertz CT molecular complexity index is 577. The summed E-state index contributed by atoms with van der Waals surface area (Å²) in [6.07, 6.45) is 7.19. The first-order valence-electron chi connectivity index (χ1n) is 7.74. The Kier molecular flexibility index (Phi) is 2.75. The lowest BCUT2D eigenvalue weighted by Crippen LogP contribution is -2.39. The van der Waals surface area contributed by atoms with Crippen LogP contribution in [0.3, 0.4) is 0 Å². The molecule has 3 heteroatoms. The van der Waals surface area contributed by atoms with E-state index in [1.165, 1.54) is 37.9 Å². The quantitative estimate of drug-likeness (QED) is 0.726. The maximum absolute atomic E-state index is 9.04. The van der Waals surface area contributed by atoms with Crippen molar-refractivity contribution in [1.29, 1.82) is 5.26 Å². The molecule has 0 aliphatic carbocycles. The van der Waals surface area contributed by atoms with Gasteiger partial charge in [0.05, 0.1) is 11.6 Å². The molecular weight excluding hydrogens is 248 g/mol. The third-order valence-electron chi connectivity index (χ3n) is 5.21. The van der Waals surface area contributed by atoms with Crippen LogP contribution in [-0.4, -0.2) is 29.6 Å². The van der Waals surface area contributed by atoms with Gasteiger partial charge in [-0.1, -0.05) is 0 Å². The van der Waals surface area contributed by atoms with Crippen molar-refractivity contribution in [2.24, 2.45) is 0 Å². The van der Waals surface area contributed by atoms with E-state index in [0.717, 1.165) is 30.6 Å². The van der Waals surface area contributed by atoms with Gasteiger partial charge in [0.1, 0.15) is 11.4 Å². The molecule has 3 aliphatic heterocycles. The smallest absolute Gasteiger partial charge is 0.123 e. The Morgan fingerprint density at radius 2 is 2.20 bits per heavy atom. The van der Waals surface area contributed by atoms with E-state index in [9.17, 15) is 0 Å². The van der Waals surface area contributed by atoms with Gasteiger partial charge in [0.2, 0.25) is 0 Å². The predicted molar refractivity (Wildman–Crippen MR) is 76.7 cm³/mol. The molecule has 2 fully saturated rings. The SMILES string of the molecule is N#Cc1ccc2c(c1)CC1(CCCN3CCCC3C1)O2. The topological polar surface area (TPSA) is 36.3 Å². The largest absolute Gasteiger partial charge is 0.487 e. The zero-order valence-corrected chi connectivity index (χ0v) is 11.8. The summed E-state index contributed by atoms with van der Waals surface area (Å²) in [6, 6.07) is 8.82. The van der Waals surface area contributed by atoms with Crippen molar-refractivity contribution >= 4 is 0 Å². The zero-order valence-electron chi connectivity index (χ0n) is 11.8. The number of benzene rings is 1. The molecule has 3 heterocycles. The highest BCUT2D eigenvalue weighted by Crippen LogP contribution is 2.44. The van der Waals surface area contributed by atoms with Crippen LogP contribution in [0.4, 0.5) is 0 Å². The van der Waals surface area contributed by atoms with Gasteiger partial charge in [-0.05, 0) is 62.5 Å². The number of hydrogen-bond donors (Lipinski definition) is 0. The van der Waals surface area contributed by atoms with E-state index in [-0.39, 0.29) is 5.60 Å². The molecule has 0 N–H and O–H groups in total. The Morgan fingerprint density at radius 3 is 3.10 bits per heavy atom. The van der Waals surface area contributed by atoms with Crippen molar-refractivity contribution in [2.75, 3.05) is 13.1 Å². The summed E-state index contributed by atoms with van der Waals surface area (Å²) in [5, 5.41) is 9.04. The average molecular weight is 268 g/mol. The molecule has 3 aliphatic rings. The molecule has 0 radical (unpaired) electrons. The molecule has 3 nitrogen and oxygen atoms in total. The van der Waals surface area contributed by atoms with E-state index < -0.39 is 0 Å². The fourth-order valence-corrected chi connectivity index (χ4v) is 4.31. The molecule has 0 aromatic heterocycles. The first-order valence-corrected chi connectivity index (χ1v) is 7.74. The number of fused-ring (bicyclic) bond motifs is 2. The maximum atomic E-state index is 9.04. The van der Waals surface area contributed by atoms with Gasteiger partial charge in [0, 0.05) is 18.9 Å². The number of rotatable bonds is 0. The van der Waals surface area contributed by atoms with Gasteiger partial charge in [0.25, 0.3) is 0 Å². The molecule has 2 atom stereocenters. The van der Waals surface area contributed by atoms with E-state index in [1.807, 2.05) is 18.2 Å². The fourth-order valence-electron chi connectivity index (χ4n) is 4.31. The summed E-state index contributed by atoms with van der Waals surface area (Å²) >= 11 is 0. The summed E-state index contributed by atoms with van der Waals surface area (Å²) in [5.74, 6) is 1.01. The van der Waals surface area contributed by atoms with Gasteiger partial charge >= 0.3 is 0 Å². The van der Waals surface area contributed by atoms with E-state index in [2.05, 4.69) is 11.0 Å². The summed E-state index contributed by atoms with van der Waals surface area (Å²) in [5.41, 5.74) is 1.98. The van der Waals surface area contributed by atoms with Gasteiger partial charge in [-0.15, -0.1) is 0 Å². The van der Waals surface area contributed by atoms with E-state index >= 15 is 0 Å². The highest BCUT2D eigenvalue weighted by Gasteiger charge is 2.44. The molecule has 20 heavy (non-hydrogen) atoms. The highest BCUT2D eigenvalue weighted by atomic mass is 16.5. The Labute approximate surface area is 120 Å². The summed E-state index contributed by atoms with van der Waals surface area (Å²) in [7, 11) is 0. The van der Waals surface area contributed by atoms with Crippen LogP contribution in [0.15, 0.2) is 18.2 Å². The first-order chi connectivity index (χ1) is 9.78. The van der Waals surface area contributed by atoms with Gasteiger partial charge in [0.15, 0.2) is 0 Å². The van der Waals surface area contributed by atoms with Crippen LogP contribution in [0, 0.1) is 11.3 Å². The Balaban J connectivity index is 1.62. The zero-order chi connectivity index (χ0) is 13.6. The normalized spacial score (nSPS) is 32.2. The predicted octanol–water partition coefficient (Wildman–Crippen LogP) is 2.88. The second kappa shape index (κ2) is 4.49. The van der Waals surface area contributed by atoms with Gasteiger partial charge in [-0.2, -0.15) is 5.26 Å². The van der Waals surface area contributed by atoms with Crippen LogP contribution in [0.5, 0.6) is 5.75 Å². The third kappa shape index (κ3) is 1.91. The van der Waals surface area contributed by atoms with Crippen LogP contribution in [0.25, 0.3) is 0 Å². The van der Waals surface area contributed by atoms with Crippen LogP contribution in [0.1, 0.15) is 43.2 Å². The lowest BCUT2D eigenvalue weighted by molar-refractivity contribution is 0.0649. The molecule has 104 valence electrons. The minimum atomic E-state index is 0.000168. The van der Waals surface area contributed by atoms with Crippen molar-refractivity contribution in [3.8, 4) is 11.8 Å². The molecule has 2 unspecified atom stereocenters. The number of nitrogens with zero attached hydrogens (tertiary/aromatic N) is 2. The molecule has 1 spiro atoms. The lowest BCUT2D eigenvalue weighted by atomic mass is 9.86. The van der Waals surface area contributed by atoms with Gasteiger partial charge in [-0.3, -0.25) is 0 Å². The van der Waals surface area contributed by atoms with Crippen LogP contribution in [-0.2, 0) is 6.42 Å². The van der Waals surface area contributed by atoms with Crippen LogP contribution < -0.4 is 4.74 Å². The van der Waals surface area contributed by atoms with Crippen molar-refractivity contribution in [1.82, 2.24) is 4.90 Å². The summed E-state index contributed by atoms with van der Waals surface area (Å²) in [4.78, 5) is 2.65. The molecule has 0 bridgehead atoms. The van der Waals surface area contributed by atoms with E-state index in [0.29, 0.717) is 6.04 Å². The molecule has 4 rings (SSSR count). The monoisotopic (exact) mass is 268 g/mol. The second-order valence-electron chi connectivity index (χ2n) is 6.54. The van der Waals surface area contributed by atoms with Crippen molar-refractivity contribution in [2.45, 2.75) is 50.2 Å². The molecule has 1 aromatic carbocycles. The molecule has 0 saturated carbocycles. The molecular formula is C17H20N2O. The van der Waals surface area contributed by atoms with E-state index in [4.69, 9.17) is 10.00 Å². The van der Waals surface area contributed by atoms with Crippen LogP contribution in [0.2, 0.25) is 0 Å². The van der Waals surface area contributed by atoms with Crippen molar-refractivity contribution in [3.63, 3.8) is 0 Å². The lowest BCUT2D eigenvalue weighted by Gasteiger charge is -2.30. The van der Waals surface area contributed by atoms with Gasteiger partial charge < -0.3 is 9.64 Å². The number of nitriles is 1. The average Bonchev–Trinajstić information content (AvgIpc) is 2.98. The van der Waals surface area contributed by atoms with Crippen molar-refractivity contribution < 1.29 is 4.74 Å². The number of hydrogen-bond acceptors (Lipinski definition) is 3. The molecule has 0 amide bonds. The van der Waals surface area contributed by atoms with Crippen LogP contribution >= 0.6 is 0 Å². The minimum Gasteiger partial charge on any atom is -0.487 e. The minimum absolute atomic E-state index is 0.000168. The molecule has 1 aromatic rings. The second-order valence-corrected chi connectivity index (χ2v) is 6.54. The van der Waals surface area contributed by atoms with Crippen molar-refractivity contribution in [3.05, 3.63) is 29.3 Å². The maximum Gasteiger partial charge on any atom is 0.123 e. The van der Waals surface area contributed by atoms with E-state index in [1.54, 1.807) is 0 Å². The first kappa shape index (κ1) is 12.2. The Morgan fingerprint density at radius 1 is 1.30 bits per heavy atom. The molecule has 2 saturated heterocycles. The summed E-state index contributed by atoms with van der Waals surface area (Å²) < 4.78 is 6.39. The third-order valence-corrected chi connectivity index (χ3v) is 5.21. The summed E-state index contributed by atoms with van der Waals surface area (Å²) in [6.45, 7) is 2.50.